The SMILES string of the molecule is Nc1cccc(F)c1NS(=O)(=O)c1ccc(Cl)cc1. The highest BCUT2D eigenvalue weighted by atomic mass is 35.5. The molecule has 0 bridgehead atoms. The lowest BCUT2D eigenvalue weighted by Gasteiger charge is -2.11. The summed E-state index contributed by atoms with van der Waals surface area (Å²) in [5, 5.41) is 0.407. The average molecular weight is 301 g/mol. The maximum Gasteiger partial charge on any atom is 0.262 e. The number of hydrogen-bond acceptors (Lipinski definition) is 3. The van der Waals surface area contributed by atoms with Gasteiger partial charge >= 0.3 is 0 Å². The maximum absolute atomic E-state index is 13.5. The zero-order valence-corrected chi connectivity index (χ0v) is 11.2. The number of benzene rings is 2. The van der Waals surface area contributed by atoms with E-state index < -0.39 is 15.8 Å². The summed E-state index contributed by atoms with van der Waals surface area (Å²) in [6.07, 6.45) is 0. The summed E-state index contributed by atoms with van der Waals surface area (Å²) in [4.78, 5) is -0.0282. The van der Waals surface area contributed by atoms with E-state index in [4.69, 9.17) is 17.3 Å². The van der Waals surface area contributed by atoms with Crippen LogP contribution in [0.15, 0.2) is 47.4 Å². The normalized spacial score (nSPS) is 11.3. The molecule has 0 fully saturated rings. The van der Waals surface area contributed by atoms with Gasteiger partial charge in [-0.15, -0.1) is 0 Å². The zero-order valence-electron chi connectivity index (χ0n) is 9.60. The lowest BCUT2D eigenvalue weighted by atomic mass is 10.3. The molecule has 19 heavy (non-hydrogen) atoms. The number of nitrogens with one attached hydrogen (secondary N) is 1. The van der Waals surface area contributed by atoms with Crippen LogP contribution < -0.4 is 10.5 Å². The molecule has 4 nitrogen and oxygen atoms in total. The lowest BCUT2D eigenvalue weighted by molar-refractivity contribution is 0.598. The van der Waals surface area contributed by atoms with Gasteiger partial charge in [0.2, 0.25) is 0 Å². The Morgan fingerprint density at radius 1 is 1.11 bits per heavy atom. The summed E-state index contributed by atoms with van der Waals surface area (Å²) in [5.41, 5.74) is 5.29. The monoisotopic (exact) mass is 300 g/mol. The van der Waals surface area contributed by atoms with E-state index in [1.165, 1.54) is 36.4 Å². The quantitative estimate of drug-likeness (QED) is 0.856. The van der Waals surface area contributed by atoms with Crippen molar-refractivity contribution in [1.82, 2.24) is 0 Å². The molecule has 0 radical (unpaired) electrons. The van der Waals surface area contributed by atoms with E-state index in [0.717, 1.165) is 6.07 Å². The Hall–Kier alpha value is -1.79. The minimum atomic E-state index is -3.90. The third-order valence-electron chi connectivity index (χ3n) is 2.41. The second-order valence-corrected chi connectivity index (χ2v) is 5.88. The Labute approximate surface area is 115 Å². The fraction of sp³-hybridized carbons (Fsp3) is 0. The number of para-hydroxylation sites is 1. The molecule has 0 heterocycles. The molecule has 0 saturated carbocycles. The summed E-state index contributed by atoms with van der Waals surface area (Å²) < 4.78 is 39.7. The van der Waals surface area contributed by atoms with Crippen LogP contribution in [0.2, 0.25) is 5.02 Å². The molecule has 2 aromatic carbocycles. The van der Waals surface area contributed by atoms with Crippen LogP contribution in [0.4, 0.5) is 15.8 Å². The number of anilines is 2. The first-order valence-electron chi connectivity index (χ1n) is 5.22. The largest absolute Gasteiger partial charge is 0.397 e. The van der Waals surface area contributed by atoms with E-state index in [0.29, 0.717) is 5.02 Å². The van der Waals surface area contributed by atoms with Crippen LogP contribution >= 0.6 is 11.6 Å². The van der Waals surface area contributed by atoms with Gasteiger partial charge < -0.3 is 5.73 Å². The van der Waals surface area contributed by atoms with Crippen molar-refractivity contribution in [1.29, 1.82) is 0 Å². The maximum atomic E-state index is 13.5. The number of sulfonamides is 1. The van der Waals surface area contributed by atoms with Crippen molar-refractivity contribution in [3.8, 4) is 0 Å². The molecule has 0 aromatic heterocycles. The summed E-state index contributed by atoms with van der Waals surface area (Å²) in [6.45, 7) is 0. The molecule has 0 amide bonds. The molecule has 0 aliphatic heterocycles. The van der Waals surface area contributed by atoms with Crippen LogP contribution in [0.5, 0.6) is 0 Å². The topological polar surface area (TPSA) is 72.2 Å². The molecule has 3 N–H and O–H groups in total. The van der Waals surface area contributed by atoms with Gasteiger partial charge in [0.05, 0.1) is 10.6 Å². The van der Waals surface area contributed by atoms with Crippen LogP contribution in [-0.2, 0) is 10.0 Å². The van der Waals surface area contributed by atoms with E-state index >= 15 is 0 Å². The van der Waals surface area contributed by atoms with Gasteiger partial charge in [-0.1, -0.05) is 17.7 Å². The van der Waals surface area contributed by atoms with Gasteiger partial charge in [0.25, 0.3) is 10.0 Å². The highest BCUT2D eigenvalue weighted by Gasteiger charge is 2.17. The summed E-state index contributed by atoms with van der Waals surface area (Å²) in [6, 6.07) is 9.43. The third kappa shape index (κ3) is 2.97. The van der Waals surface area contributed by atoms with Crippen molar-refractivity contribution in [2.24, 2.45) is 0 Å². The van der Waals surface area contributed by atoms with Crippen molar-refractivity contribution in [3.05, 3.63) is 53.3 Å². The van der Waals surface area contributed by atoms with Crippen LogP contribution in [-0.4, -0.2) is 8.42 Å². The van der Waals surface area contributed by atoms with Crippen molar-refractivity contribution in [2.45, 2.75) is 4.90 Å². The first-order valence-corrected chi connectivity index (χ1v) is 7.08. The lowest BCUT2D eigenvalue weighted by Crippen LogP contribution is -2.15. The van der Waals surface area contributed by atoms with Crippen molar-refractivity contribution >= 4 is 33.0 Å². The molecule has 7 heteroatoms. The fourth-order valence-electron chi connectivity index (χ4n) is 1.46. The summed E-state index contributed by atoms with van der Waals surface area (Å²) in [5.74, 6) is -0.738. The van der Waals surface area contributed by atoms with Crippen LogP contribution in [0.25, 0.3) is 0 Å². The Kier molecular flexibility index (Phi) is 3.64. The molecule has 2 rings (SSSR count). The molecule has 0 aliphatic carbocycles. The minimum absolute atomic E-state index is 0.0116. The Morgan fingerprint density at radius 3 is 2.32 bits per heavy atom. The minimum Gasteiger partial charge on any atom is -0.397 e. The number of hydrogen-bond donors (Lipinski definition) is 2. The molecular formula is C12H10ClFN2O2S. The van der Waals surface area contributed by atoms with Gasteiger partial charge in [0.1, 0.15) is 11.5 Å². The van der Waals surface area contributed by atoms with Gasteiger partial charge in [-0.2, -0.15) is 0 Å². The van der Waals surface area contributed by atoms with E-state index in [1.807, 2.05) is 0 Å². The standard InChI is InChI=1S/C12H10ClFN2O2S/c13-8-4-6-9(7-5-8)19(17,18)16-12-10(14)2-1-3-11(12)15/h1-7,16H,15H2. The predicted octanol–water partition coefficient (Wildman–Crippen LogP) is 2.86. The Bertz CT molecular complexity index is 682. The average Bonchev–Trinajstić information content (AvgIpc) is 2.35. The van der Waals surface area contributed by atoms with E-state index in [9.17, 15) is 12.8 Å². The van der Waals surface area contributed by atoms with Crippen molar-refractivity contribution in [2.75, 3.05) is 10.5 Å². The molecule has 2 aromatic rings. The molecule has 0 atom stereocenters. The Balaban J connectivity index is 2.39. The van der Waals surface area contributed by atoms with Gasteiger partial charge in [0, 0.05) is 5.02 Å². The first kappa shape index (κ1) is 13.6. The van der Waals surface area contributed by atoms with Crippen LogP contribution in [0.1, 0.15) is 0 Å². The molecule has 0 unspecified atom stereocenters. The van der Waals surface area contributed by atoms with E-state index in [2.05, 4.69) is 4.72 Å². The Morgan fingerprint density at radius 2 is 1.74 bits per heavy atom. The van der Waals surface area contributed by atoms with E-state index in [1.54, 1.807) is 0 Å². The second kappa shape index (κ2) is 5.07. The summed E-state index contributed by atoms with van der Waals surface area (Å²) in [7, 11) is -3.90. The van der Waals surface area contributed by atoms with Gasteiger partial charge in [-0.3, -0.25) is 4.72 Å². The number of nitrogen functional groups attached to an aromatic ring is 1. The number of rotatable bonds is 3. The smallest absolute Gasteiger partial charge is 0.262 e. The van der Waals surface area contributed by atoms with E-state index in [-0.39, 0.29) is 16.3 Å². The van der Waals surface area contributed by atoms with Crippen molar-refractivity contribution < 1.29 is 12.8 Å². The second-order valence-electron chi connectivity index (χ2n) is 3.76. The molecule has 100 valence electrons. The third-order valence-corrected chi connectivity index (χ3v) is 4.02. The first-order chi connectivity index (χ1) is 8.90. The molecule has 0 aliphatic rings. The molecule has 0 spiro atoms. The predicted molar refractivity (Wildman–Crippen MR) is 73.1 cm³/mol. The highest BCUT2D eigenvalue weighted by Crippen LogP contribution is 2.25. The molecule has 0 saturated heterocycles. The van der Waals surface area contributed by atoms with Gasteiger partial charge in [-0.05, 0) is 36.4 Å². The fourth-order valence-corrected chi connectivity index (χ4v) is 2.68. The van der Waals surface area contributed by atoms with Gasteiger partial charge in [-0.25, -0.2) is 12.8 Å². The molecular weight excluding hydrogens is 291 g/mol. The highest BCUT2D eigenvalue weighted by molar-refractivity contribution is 7.92. The number of nitrogens with two attached hydrogens (primary N) is 1. The van der Waals surface area contributed by atoms with Gasteiger partial charge in [0.15, 0.2) is 0 Å². The van der Waals surface area contributed by atoms with Crippen LogP contribution in [0, 0.1) is 5.82 Å². The summed E-state index contributed by atoms with van der Waals surface area (Å²) >= 11 is 5.68. The number of halogens is 2. The van der Waals surface area contributed by atoms with Crippen LogP contribution in [0.3, 0.4) is 0 Å². The van der Waals surface area contributed by atoms with Crippen molar-refractivity contribution in [3.63, 3.8) is 0 Å². The zero-order chi connectivity index (χ0) is 14.0.